The number of thiazole rings is 1. The third-order valence-electron chi connectivity index (χ3n) is 4.32. The molecule has 0 atom stereocenters. The molecule has 0 spiro atoms. The van der Waals surface area contributed by atoms with Crippen molar-refractivity contribution in [2.75, 3.05) is 11.9 Å². The highest BCUT2D eigenvalue weighted by Crippen LogP contribution is 2.29. The molecule has 0 saturated carbocycles. The van der Waals surface area contributed by atoms with Crippen molar-refractivity contribution in [3.8, 4) is 16.9 Å². The lowest BCUT2D eigenvalue weighted by Crippen LogP contribution is -2.44. The van der Waals surface area contributed by atoms with E-state index in [1.54, 1.807) is 25.3 Å². The molecule has 0 fully saturated rings. The van der Waals surface area contributed by atoms with Crippen molar-refractivity contribution in [1.82, 2.24) is 15.8 Å². The number of anilines is 1. The largest absolute Gasteiger partial charge is 0.483 e. The fourth-order valence-corrected chi connectivity index (χ4v) is 3.38. The number of carbonyl (C=O) groups is 3. The van der Waals surface area contributed by atoms with E-state index < -0.39 is 11.8 Å². The third-order valence-corrected chi connectivity index (χ3v) is 5.13. The van der Waals surface area contributed by atoms with Crippen LogP contribution in [0.3, 0.4) is 0 Å². The lowest BCUT2D eigenvalue weighted by Gasteiger charge is -2.12. The molecule has 3 rings (SSSR count). The molecule has 32 heavy (non-hydrogen) atoms. The third kappa shape index (κ3) is 6.64. The first-order valence-corrected chi connectivity index (χ1v) is 10.9. The fraction of sp³-hybridized carbons (Fsp3) is 0.217. The first-order chi connectivity index (χ1) is 15.4. The van der Waals surface area contributed by atoms with Crippen molar-refractivity contribution < 1.29 is 19.1 Å². The molecule has 0 aliphatic heterocycles. The highest BCUT2D eigenvalue weighted by molar-refractivity contribution is 7.13. The highest BCUT2D eigenvalue weighted by Gasteiger charge is 2.13. The number of para-hydroxylation sites is 1. The van der Waals surface area contributed by atoms with Gasteiger partial charge in [0.05, 0.1) is 12.1 Å². The van der Waals surface area contributed by atoms with Crippen molar-refractivity contribution >= 4 is 34.2 Å². The van der Waals surface area contributed by atoms with Gasteiger partial charge in [0.1, 0.15) is 5.75 Å². The van der Waals surface area contributed by atoms with Crippen LogP contribution in [-0.2, 0) is 20.8 Å². The lowest BCUT2D eigenvalue weighted by molar-refractivity contribution is -0.129. The van der Waals surface area contributed by atoms with Gasteiger partial charge in [-0.25, -0.2) is 4.98 Å². The summed E-state index contributed by atoms with van der Waals surface area (Å²) < 4.78 is 5.65. The standard InChI is InChI=1S/C23H24N4O4S/c1-15(2)22(30)25-23-24-17(14-32-23)12-20(28)26-27-21(29)13-31-19-11-7-6-10-18(19)16-8-4-3-5-9-16/h3-11,14-15H,12-13H2,1-2H3,(H,26,28)(H,27,29)(H,24,25,30). The molecule has 3 N–H and O–H groups in total. The number of hydrogen-bond donors (Lipinski definition) is 3. The molecule has 3 aromatic rings. The van der Waals surface area contributed by atoms with E-state index in [9.17, 15) is 14.4 Å². The lowest BCUT2D eigenvalue weighted by atomic mass is 10.1. The van der Waals surface area contributed by atoms with Crippen molar-refractivity contribution in [3.05, 3.63) is 65.7 Å². The average molecular weight is 453 g/mol. The quantitative estimate of drug-likeness (QED) is 0.455. The van der Waals surface area contributed by atoms with E-state index in [1.807, 2.05) is 48.5 Å². The van der Waals surface area contributed by atoms with E-state index in [2.05, 4.69) is 21.2 Å². The molecule has 0 unspecified atom stereocenters. The highest BCUT2D eigenvalue weighted by atomic mass is 32.1. The smallest absolute Gasteiger partial charge is 0.276 e. The van der Waals surface area contributed by atoms with E-state index in [-0.39, 0.29) is 24.9 Å². The Hall–Kier alpha value is -3.72. The molecule has 9 heteroatoms. The van der Waals surface area contributed by atoms with Crippen LogP contribution in [0.4, 0.5) is 5.13 Å². The van der Waals surface area contributed by atoms with Crippen LogP contribution < -0.4 is 20.9 Å². The first kappa shape index (κ1) is 23.0. The molecule has 0 radical (unpaired) electrons. The van der Waals surface area contributed by atoms with Gasteiger partial charge in [0.25, 0.3) is 5.91 Å². The number of hydrazine groups is 1. The number of hydrogen-bond acceptors (Lipinski definition) is 6. The second-order valence-electron chi connectivity index (χ2n) is 7.21. The minimum absolute atomic E-state index is 0.0357. The molecule has 0 saturated heterocycles. The Morgan fingerprint density at radius 2 is 1.66 bits per heavy atom. The van der Waals surface area contributed by atoms with Crippen LogP contribution in [-0.4, -0.2) is 29.3 Å². The zero-order valence-corrected chi connectivity index (χ0v) is 18.6. The molecule has 0 aliphatic carbocycles. The Kier molecular flexibility index (Phi) is 7.93. The van der Waals surface area contributed by atoms with Gasteiger partial charge in [-0.3, -0.25) is 25.2 Å². The van der Waals surface area contributed by atoms with Gasteiger partial charge in [0.15, 0.2) is 11.7 Å². The van der Waals surface area contributed by atoms with Gasteiger partial charge >= 0.3 is 0 Å². The van der Waals surface area contributed by atoms with Crippen molar-refractivity contribution in [3.63, 3.8) is 0 Å². The predicted molar refractivity (Wildman–Crippen MR) is 123 cm³/mol. The predicted octanol–water partition coefficient (Wildman–Crippen LogP) is 3.17. The molecule has 1 aromatic heterocycles. The monoisotopic (exact) mass is 452 g/mol. The Morgan fingerprint density at radius 3 is 2.41 bits per heavy atom. The number of benzene rings is 2. The van der Waals surface area contributed by atoms with Crippen LogP contribution in [0.5, 0.6) is 5.75 Å². The summed E-state index contributed by atoms with van der Waals surface area (Å²) in [5.74, 6) is -0.669. The molecule has 0 aliphatic rings. The van der Waals surface area contributed by atoms with Crippen LogP contribution in [0.15, 0.2) is 60.0 Å². The number of nitrogens with zero attached hydrogens (tertiary/aromatic N) is 1. The van der Waals surface area contributed by atoms with E-state index in [4.69, 9.17) is 4.74 Å². The summed E-state index contributed by atoms with van der Waals surface area (Å²) in [5.41, 5.74) is 7.01. The summed E-state index contributed by atoms with van der Waals surface area (Å²) in [7, 11) is 0. The number of rotatable bonds is 8. The minimum Gasteiger partial charge on any atom is -0.483 e. The number of carbonyl (C=O) groups excluding carboxylic acids is 3. The van der Waals surface area contributed by atoms with Crippen molar-refractivity contribution in [2.45, 2.75) is 20.3 Å². The summed E-state index contributed by atoms with van der Waals surface area (Å²) in [5, 5.41) is 4.80. The molecule has 2 aromatic carbocycles. The maximum atomic E-state index is 12.1. The van der Waals surface area contributed by atoms with Crippen LogP contribution in [0.25, 0.3) is 11.1 Å². The molecule has 1 heterocycles. The molecular weight excluding hydrogens is 428 g/mol. The minimum atomic E-state index is -0.496. The summed E-state index contributed by atoms with van der Waals surface area (Å²) in [6.07, 6.45) is -0.0357. The zero-order valence-electron chi connectivity index (χ0n) is 17.8. The van der Waals surface area contributed by atoms with Gasteiger partial charge in [-0.05, 0) is 11.6 Å². The average Bonchev–Trinajstić information content (AvgIpc) is 3.23. The molecule has 166 valence electrons. The molecular formula is C23H24N4O4S. The van der Waals surface area contributed by atoms with Crippen LogP contribution in [0.2, 0.25) is 0 Å². The van der Waals surface area contributed by atoms with E-state index in [1.165, 1.54) is 11.3 Å². The maximum Gasteiger partial charge on any atom is 0.276 e. The van der Waals surface area contributed by atoms with Gasteiger partial charge < -0.3 is 10.1 Å². The Morgan fingerprint density at radius 1 is 0.969 bits per heavy atom. The SMILES string of the molecule is CC(C)C(=O)Nc1nc(CC(=O)NNC(=O)COc2ccccc2-c2ccccc2)cs1. The normalized spacial score (nSPS) is 10.5. The van der Waals surface area contributed by atoms with Crippen LogP contribution >= 0.6 is 11.3 Å². The summed E-state index contributed by atoms with van der Waals surface area (Å²) in [6.45, 7) is 3.31. The van der Waals surface area contributed by atoms with Gasteiger partial charge in [0, 0.05) is 16.9 Å². The first-order valence-electron chi connectivity index (χ1n) is 10.0. The van der Waals surface area contributed by atoms with Gasteiger partial charge in [-0.1, -0.05) is 62.4 Å². The summed E-state index contributed by atoms with van der Waals surface area (Å²) in [6, 6.07) is 17.1. The topological polar surface area (TPSA) is 109 Å². The van der Waals surface area contributed by atoms with Gasteiger partial charge in [-0.2, -0.15) is 0 Å². The van der Waals surface area contributed by atoms with Crippen molar-refractivity contribution in [2.24, 2.45) is 5.92 Å². The Bertz CT molecular complexity index is 1080. The van der Waals surface area contributed by atoms with Gasteiger partial charge in [0.2, 0.25) is 11.8 Å². The second-order valence-corrected chi connectivity index (χ2v) is 8.07. The Balaban J connectivity index is 1.45. The molecule has 8 nitrogen and oxygen atoms in total. The summed E-state index contributed by atoms with van der Waals surface area (Å²) >= 11 is 1.24. The number of nitrogens with one attached hydrogen (secondary N) is 3. The van der Waals surface area contributed by atoms with E-state index in [0.29, 0.717) is 16.6 Å². The number of ether oxygens (including phenoxy) is 1. The Labute approximate surface area is 190 Å². The maximum absolute atomic E-state index is 12.1. The number of amides is 3. The fourth-order valence-electron chi connectivity index (χ4n) is 2.67. The zero-order chi connectivity index (χ0) is 22.9. The molecule has 3 amide bonds. The van der Waals surface area contributed by atoms with E-state index >= 15 is 0 Å². The summed E-state index contributed by atoms with van der Waals surface area (Å²) in [4.78, 5) is 40.1. The van der Waals surface area contributed by atoms with Crippen LogP contribution in [0, 0.1) is 5.92 Å². The van der Waals surface area contributed by atoms with E-state index in [0.717, 1.165) is 11.1 Å². The van der Waals surface area contributed by atoms with Gasteiger partial charge in [-0.15, -0.1) is 11.3 Å². The number of aromatic nitrogens is 1. The second kappa shape index (κ2) is 11.1. The van der Waals surface area contributed by atoms with Crippen molar-refractivity contribution in [1.29, 1.82) is 0 Å². The molecule has 0 bridgehead atoms. The van der Waals surface area contributed by atoms with Crippen LogP contribution in [0.1, 0.15) is 19.5 Å².